The Labute approximate surface area is 276 Å². The highest BCUT2D eigenvalue weighted by Crippen LogP contribution is 2.36. The minimum absolute atomic E-state index is 0.0494. The molecule has 10 nitrogen and oxygen atoms in total. The SMILES string of the molecule is CC(C)c1cc(Cl)cc(C(C)C)c1NC(=O)NS(=O)(=O)c1ccc2c(c1)C(O)CCC2.NS(=O)(=O)c1ccc2c(c1)C(O)CCC2. The molecule has 250 valence electrons. The van der Waals surface area contributed by atoms with E-state index in [0.29, 0.717) is 34.7 Å². The topological polar surface area (TPSA) is 176 Å². The molecule has 2 aliphatic carbocycles. The number of amides is 2. The molecule has 0 heterocycles. The molecule has 0 saturated carbocycles. The van der Waals surface area contributed by atoms with Crippen molar-refractivity contribution in [2.24, 2.45) is 5.14 Å². The number of fused-ring (bicyclic) bond motifs is 2. The first-order valence-electron chi connectivity index (χ1n) is 15.3. The van der Waals surface area contributed by atoms with Gasteiger partial charge >= 0.3 is 6.03 Å². The number of anilines is 1. The number of aliphatic hydroxyl groups is 2. The minimum Gasteiger partial charge on any atom is -0.388 e. The number of benzene rings is 3. The fraction of sp³-hybridized carbons (Fsp3) is 0.424. The molecule has 2 atom stereocenters. The van der Waals surface area contributed by atoms with E-state index in [1.807, 2.05) is 27.7 Å². The van der Waals surface area contributed by atoms with Gasteiger partial charge in [0.05, 0.1) is 22.0 Å². The number of halogens is 1. The van der Waals surface area contributed by atoms with Crippen molar-refractivity contribution in [2.75, 3.05) is 5.32 Å². The molecule has 2 amide bonds. The van der Waals surface area contributed by atoms with Crippen LogP contribution in [0.3, 0.4) is 0 Å². The average molecular weight is 692 g/mol. The number of aliphatic hydroxyl groups excluding tert-OH is 2. The molecule has 0 aromatic heterocycles. The Balaban J connectivity index is 0.000000266. The van der Waals surface area contributed by atoms with Gasteiger partial charge in [-0.15, -0.1) is 0 Å². The van der Waals surface area contributed by atoms with E-state index in [1.54, 1.807) is 24.3 Å². The van der Waals surface area contributed by atoms with E-state index in [1.165, 1.54) is 24.3 Å². The second-order valence-corrected chi connectivity index (χ2v) is 16.1. The van der Waals surface area contributed by atoms with Crippen LogP contribution in [0.2, 0.25) is 5.02 Å². The first-order chi connectivity index (χ1) is 21.5. The number of rotatable bonds is 6. The van der Waals surface area contributed by atoms with Crippen molar-refractivity contribution in [2.45, 2.75) is 100 Å². The molecule has 0 spiro atoms. The van der Waals surface area contributed by atoms with Crippen LogP contribution in [0.25, 0.3) is 0 Å². The predicted octanol–water partition coefficient (Wildman–Crippen LogP) is 6.17. The number of aryl methyl sites for hydroxylation is 2. The fourth-order valence-electron chi connectivity index (χ4n) is 5.87. The average Bonchev–Trinajstić information content (AvgIpc) is 2.97. The zero-order chi connectivity index (χ0) is 34.0. The maximum atomic E-state index is 12.8. The normalized spacial score (nSPS) is 17.9. The zero-order valence-electron chi connectivity index (χ0n) is 26.4. The number of sulfonamides is 2. The Bertz CT molecular complexity index is 1800. The summed E-state index contributed by atoms with van der Waals surface area (Å²) >= 11 is 6.26. The summed E-state index contributed by atoms with van der Waals surface area (Å²) in [4.78, 5) is 12.7. The molecule has 6 N–H and O–H groups in total. The molecule has 2 unspecified atom stereocenters. The highest BCUT2D eigenvalue weighted by atomic mass is 35.5. The summed E-state index contributed by atoms with van der Waals surface area (Å²) in [5.41, 5.74) is 5.50. The zero-order valence-corrected chi connectivity index (χ0v) is 28.8. The third-order valence-corrected chi connectivity index (χ3v) is 10.8. The van der Waals surface area contributed by atoms with Gasteiger partial charge in [-0.3, -0.25) is 0 Å². The van der Waals surface area contributed by atoms with Crippen molar-refractivity contribution in [1.29, 1.82) is 0 Å². The van der Waals surface area contributed by atoms with E-state index in [0.717, 1.165) is 47.9 Å². The van der Waals surface area contributed by atoms with Gasteiger partial charge in [-0.25, -0.2) is 31.5 Å². The quantitative estimate of drug-likeness (QED) is 0.205. The lowest BCUT2D eigenvalue weighted by Gasteiger charge is -2.22. The van der Waals surface area contributed by atoms with Crippen LogP contribution in [0, 0.1) is 0 Å². The van der Waals surface area contributed by atoms with Crippen LogP contribution in [-0.2, 0) is 32.9 Å². The van der Waals surface area contributed by atoms with Crippen molar-refractivity contribution in [3.63, 3.8) is 0 Å². The summed E-state index contributed by atoms with van der Waals surface area (Å²) < 4.78 is 50.0. The van der Waals surface area contributed by atoms with E-state index < -0.39 is 38.3 Å². The summed E-state index contributed by atoms with van der Waals surface area (Å²) in [6.45, 7) is 7.92. The number of nitrogens with one attached hydrogen (secondary N) is 2. The lowest BCUT2D eigenvalue weighted by Crippen LogP contribution is -2.35. The molecule has 13 heteroatoms. The largest absolute Gasteiger partial charge is 0.388 e. The van der Waals surface area contributed by atoms with Crippen molar-refractivity contribution < 1.29 is 31.8 Å². The number of urea groups is 1. The number of hydrogen-bond acceptors (Lipinski definition) is 7. The molecule has 5 rings (SSSR count). The van der Waals surface area contributed by atoms with Crippen LogP contribution in [0.4, 0.5) is 10.5 Å². The summed E-state index contributed by atoms with van der Waals surface area (Å²) in [6, 6.07) is 12.1. The van der Waals surface area contributed by atoms with Gasteiger partial charge in [0.15, 0.2) is 0 Å². The Kier molecular flexibility index (Phi) is 11.2. The molecule has 0 saturated heterocycles. The highest BCUT2D eigenvalue weighted by Gasteiger charge is 2.25. The molecule has 0 fully saturated rings. The van der Waals surface area contributed by atoms with E-state index in [4.69, 9.17) is 16.7 Å². The van der Waals surface area contributed by atoms with Gasteiger partial charge in [0, 0.05) is 10.7 Å². The Morgan fingerprint density at radius 2 is 1.26 bits per heavy atom. The number of carbonyl (C=O) groups is 1. The highest BCUT2D eigenvalue weighted by molar-refractivity contribution is 7.90. The molecule has 3 aromatic rings. The third kappa shape index (κ3) is 8.47. The van der Waals surface area contributed by atoms with Crippen LogP contribution in [-0.4, -0.2) is 33.1 Å². The molecule has 3 aromatic carbocycles. The van der Waals surface area contributed by atoms with Crippen LogP contribution < -0.4 is 15.2 Å². The number of carbonyl (C=O) groups excluding carboxylic acids is 1. The predicted molar refractivity (Wildman–Crippen MR) is 179 cm³/mol. The maximum absolute atomic E-state index is 12.8. The van der Waals surface area contributed by atoms with Crippen molar-refractivity contribution in [1.82, 2.24) is 4.72 Å². The lowest BCUT2D eigenvalue weighted by molar-refractivity contribution is 0.156. The Morgan fingerprint density at radius 1 is 0.804 bits per heavy atom. The molecule has 46 heavy (non-hydrogen) atoms. The van der Waals surface area contributed by atoms with Gasteiger partial charge in [-0.05, 0) is 120 Å². The summed E-state index contributed by atoms with van der Waals surface area (Å²) in [5, 5.41) is 28.2. The standard InChI is InChI=1S/C23H29ClN2O4S.C10H13NO3S/c1-13(2)18-10-16(24)11-19(14(3)4)22(18)25-23(28)26-31(29,30)17-9-8-15-6-5-7-21(27)20(15)12-17;11-15(13,14)8-5-4-7-2-1-3-10(12)9(7)6-8/h8-14,21,27H,5-7H2,1-4H3,(H2,25,26,28);4-6,10,12H,1-3H2,(H2,11,13,14). The van der Waals surface area contributed by atoms with Crippen molar-refractivity contribution >= 4 is 43.4 Å². The molecule has 0 radical (unpaired) electrons. The van der Waals surface area contributed by atoms with E-state index in [9.17, 15) is 31.8 Å². The monoisotopic (exact) mass is 691 g/mol. The van der Waals surface area contributed by atoms with Crippen molar-refractivity contribution in [3.05, 3.63) is 86.9 Å². The second-order valence-electron chi connectivity index (χ2n) is 12.4. The van der Waals surface area contributed by atoms with Gasteiger partial charge in [0.2, 0.25) is 10.0 Å². The van der Waals surface area contributed by atoms with Gasteiger partial charge in [-0.2, -0.15) is 0 Å². The number of primary sulfonamides is 1. The third-order valence-electron chi connectivity index (χ3n) is 8.31. The van der Waals surface area contributed by atoms with Crippen LogP contribution in [0.1, 0.15) is 111 Å². The van der Waals surface area contributed by atoms with Crippen LogP contribution >= 0.6 is 11.6 Å². The molecular weight excluding hydrogens is 650 g/mol. The van der Waals surface area contributed by atoms with E-state index in [2.05, 4.69) is 10.0 Å². The first kappa shape index (κ1) is 35.8. The van der Waals surface area contributed by atoms with Gasteiger partial charge in [0.25, 0.3) is 10.0 Å². The van der Waals surface area contributed by atoms with E-state index in [-0.39, 0.29) is 21.6 Å². The summed E-state index contributed by atoms with van der Waals surface area (Å²) in [5.74, 6) is 0.149. The van der Waals surface area contributed by atoms with Crippen LogP contribution in [0.15, 0.2) is 58.3 Å². The van der Waals surface area contributed by atoms with E-state index >= 15 is 0 Å². The van der Waals surface area contributed by atoms with Crippen molar-refractivity contribution in [3.8, 4) is 0 Å². The lowest BCUT2D eigenvalue weighted by atomic mass is 9.90. The Hall–Kier alpha value is -3.00. The summed E-state index contributed by atoms with van der Waals surface area (Å²) in [7, 11) is -7.78. The Morgan fingerprint density at radius 3 is 1.72 bits per heavy atom. The number of hydrogen-bond donors (Lipinski definition) is 5. The maximum Gasteiger partial charge on any atom is 0.333 e. The smallest absolute Gasteiger partial charge is 0.333 e. The molecule has 0 aliphatic heterocycles. The molecule has 0 bridgehead atoms. The molecular formula is C33H42ClN3O7S2. The first-order valence-corrected chi connectivity index (χ1v) is 18.7. The fourth-order valence-corrected chi connectivity index (χ4v) is 7.60. The summed E-state index contributed by atoms with van der Waals surface area (Å²) in [6.07, 6.45) is 3.50. The minimum atomic E-state index is -4.11. The van der Waals surface area contributed by atoms with Gasteiger partial charge in [-0.1, -0.05) is 51.4 Å². The van der Waals surface area contributed by atoms with Gasteiger partial charge < -0.3 is 15.5 Å². The second kappa shape index (κ2) is 14.4. The number of nitrogens with two attached hydrogens (primary N) is 1. The van der Waals surface area contributed by atoms with Gasteiger partial charge in [0.1, 0.15) is 0 Å². The van der Waals surface area contributed by atoms with Crippen LogP contribution in [0.5, 0.6) is 0 Å². The molecule has 2 aliphatic rings.